The number of allylic oxidation sites excluding steroid dienone is 2. The third-order valence-electron chi connectivity index (χ3n) is 6.03. The molecule has 0 saturated carbocycles. The summed E-state index contributed by atoms with van der Waals surface area (Å²) in [4.78, 5) is 18.1. The summed E-state index contributed by atoms with van der Waals surface area (Å²) >= 11 is 1.70. The van der Waals surface area contributed by atoms with Gasteiger partial charge in [-0.15, -0.1) is 11.3 Å². The lowest BCUT2D eigenvalue weighted by molar-refractivity contribution is -0.126. The largest absolute Gasteiger partial charge is 0.490 e. The van der Waals surface area contributed by atoms with Crippen LogP contribution in [0.4, 0.5) is 0 Å². The molecule has 1 aliphatic carbocycles. The van der Waals surface area contributed by atoms with Crippen molar-refractivity contribution in [2.75, 3.05) is 13.2 Å². The fourth-order valence-corrected chi connectivity index (χ4v) is 5.42. The smallest absolute Gasteiger partial charge is 0.224 e. The standard InChI is InChI=1S/C25H26N2O3S/c1-16(17-11-12-21-22(15-17)30-14-6-13-29-21)26-24(28)18-7-2-3-8-19(18)25-27-20-9-4-5-10-23(20)31-25/h2-5,9-12,15-16,18-19H,6-8,13-14H2,1H3,(H,26,28). The zero-order valence-corrected chi connectivity index (χ0v) is 18.4. The van der Waals surface area contributed by atoms with Crippen LogP contribution in [0.5, 0.6) is 11.5 Å². The minimum absolute atomic E-state index is 0.0771. The van der Waals surface area contributed by atoms with Crippen LogP contribution in [-0.4, -0.2) is 24.1 Å². The summed E-state index contributed by atoms with van der Waals surface area (Å²) in [5.74, 6) is 1.59. The lowest BCUT2D eigenvalue weighted by atomic mass is 9.82. The van der Waals surface area contributed by atoms with E-state index in [1.165, 1.54) is 4.70 Å². The van der Waals surface area contributed by atoms with E-state index >= 15 is 0 Å². The molecule has 160 valence electrons. The van der Waals surface area contributed by atoms with Crippen molar-refractivity contribution in [1.82, 2.24) is 10.3 Å². The molecule has 5 rings (SSSR count). The van der Waals surface area contributed by atoms with Crippen LogP contribution < -0.4 is 14.8 Å². The average Bonchev–Trinajstić information content (AvgIpc) is 3.09. The van der Waals surface area contributed by atoms with Gasteiger partial charge in [0.15, 0.2) is 11.5 Å². The van der Waals surface area contributed by atoms with Crippen LogP contribution in [0.2, 0.25) is 0 Å². The van der Waals surface area contributed by atoms with Gasteiger partial charge in [0.25, 0.3) is 0 Å². The predicted molar refractivity (Wildman–Crippen MR) is 123 cm³/mol. The zero-order valence-electron chi connectivity index (χ0n) is 17.5. The number of ether oxygens (including phenoxy) is 2. The normalized spacial score (nSPS) is 21.5. The first kappa shape index (κ1) is 20.1. The van der Waals surface area contributed by atoms with E-state index in [4.69, 9.17) is 14.5 Å². The molecule has 2 aliphatic rings. The second-order valence-corrected chi connectivity index (χ2v) is 9.22. The molecule has 0 saturated heterocycles. The van der Waals surface area contributed by atoms with Gasteiger partial charge in [0.1, 0.15) is 0 Å². The molecule has 31 heavy (non-hydrogen) atoms. The Morgan fingerprint density at radius 3 is 2.77 bits per heavy atom. The summed E-state index contributed by atoms with van der Waals surface area (Å²) in [7, 11) is 0. The molecular formula is C25H26N2O3S. The van der Waals surface area contributed by atoms with E-state index in [1.54, 1.807) is 11.3 Å². The highest BCUT2D eigenvalue weighted by molar-refractivity contribution is 7.18. The average molecular weight is 435 g/mol. The van der Waals surface area contributed by atoms with Crippen molar-refractivity contribution in [1.29, 1.82) is 0 Å². The monoisotopic (exact) mass is 434 g/mol. The van der Waals surface area contributed by atoms with Crippen molar-refractivity contribution < 1.29 is 14.3 Å². The minimum atomic E-state index is -0.119. The summed E-state index contributed by atoms with van der Waals surface area (Å²) in [6.07, 6.45) is 6.75. The second-order valence-electron chi connectivity index (χ2n) is 8.16. The maximum absolute atomic E-state index is 13.3. The maximum atomic E-state index is 13.3. The molecule has 1 N–H and O–H groups in total. The zero-order chi connectivity index (χ0) is 21.2. The number of benzene rings is 2. The van der Waals surface area contributed by atoms with E-state index in [1.807, 2.05) is 43.3 Å². The van der Waals surface area contributed by atoms with Crippen LogP contribution >= 0.6 is 11.3 Å². The van der Waals surface area contributed by atoms with Crippen LogP contribution in [0.25, 0.3) is 10.2 Å². The van der Waals surface area contributed by atoms with Crippen LogP contribution in [-0.2, 0) is 4.79 Å². The number of hydrogen-bond acceptors (Lipinski definition) is 5. The van der Waals surface area contributed by atoms with Gasteiger partial charge in [-0.25, -0.2) is 4.98 Å². The molecule has 0 fully saturated rings. The quantitative estimate of drug-likeness (QED) is 0.560. The highest BCUT2D eigenvalue weighted by Gasteiger charge is 2.33. The Morgan fingerprint density at radius 1 is 1.10 bits per heavy atom. The molecule has 2 heterocycles. The Kier molecular flexibility index (Phi) is 5.64. The number of fused-ring (bicyclic) bond motifs is 2. The van der Waals surface area contributed by atoms with Crippen molar-refractivity contribution >= 4 is 27.5 Å². The van der Waals surface area contributed by atoms with E-state index in [0.717, 1.165) is 46.8 Å². The lowest BCUT2D eigenvalue weighted by Crippen LogP contribution is -2.36. The van der Waals surface area contributed by atoms with Crippen molar-refractivity contribution in [2.24, 2.45) is 5.92 Å². The first-order chi connectivity index (χ1) is 15.2. The number of aromatic nitrogens is 1. The van der Waals surface area contributed by atoms with Gasteiger partial charge in [0, 0.05) is 12.3 Å². The van der Waals surface area contributed by atoms with E-state index in [2.05, 4.69) is 23.5 Å². The van der Waals surface area contributed by atoms with Crippen LogP contribution in [0.1, 0.15) is 48.7 Å². The number of para-hydroxylation sites is 1. The van der Waals surface area contributed by atoms with Crippen LogP contribution in [0.3, 0.4) is 0 Å². The fourth-order valence-electron chi connectivity index (χ4n) is 4.28. The molecule has 1 aromatic heterocycles. The van der Waals surface area contributed by atoms with Gasteiger partial charge in [-0.2, -0.15) is 0 Å². The number of carbonyl (C=O) groups excluding carboxylic acids is 1. The SMILES string of the molecule is CC(NC(=O)C1CC=CCC1c1nc2ccccc2s1)c1ccc2c(c1)OCCCO2. The number of carbonyl (C=O) groups is 1. The Balaban J connectivity index is 1.33. The van der Waals surface area contributed by atoms with Gasteiger partial charge >= 0.3 is 0 Å². The van der Waals surface area contributed by atoms with Crippen molar-refractivity contribution in [3.8, 4) is 11.5 Å². The number of rotatable bonds is 4. The highest BCUT2D eigenvalue weighted by atomic mass is 32.1. The Labute approximate surface area is 186 Å². The second kappa shape index (κ2) is 8.71. The predicted octanol–water partition coefficient (Wildman–Crippen LogP) is 5.38. The van der Waals surface area contributed by atoms with Crippen LogP contribution in [0, 0.1) is 5.92 Å². The van der Waals surface area contributed by atoms with E-state index in [0.29, 0.717) is 13.2 Å². The molecule has 6 heteroatoms. The van der Waals surface area contributed by atoms with Gasteiger partial charge in [0.2, 0.25) is 5.91 Å². The lowest BCUT2D eigenvalue weighted by Gasteiger charge is -2.27. The van der Waals surface area contributed by atoms with Crippen molar-refractivity contribution in [3.63, 3.8) is 0 Å². The molecule has 0 bridgehead atoms. The van der Waals surface area contributed by atoms with Gasteiger partial charge < -0.3 is 14.8 Å². The Hall–Kier alpha value is -2.86. The Morgan fingerprint density at radius 2 is 1.90 bits per heavy atom. The Bertz CT molecular complexity index is 1090. The van der Waals surface area contributed by atoms with Gasteiger partial charge in [-0.05, 0) is 49.6 Å². The fraction of sp³-hybridized carbons (Fsp3) is 0.360. The first-order valence-corrected chi connectivity index (χ1v) is 11.7. The molecule has 3 unspecified atom stereocenters. The molecule has 1 aliphatic heterocycles. The van der Waals surface area contributed by atoms with E-state index in [9.17, 15) is 4.79 Å². The molecule has 0 radical (unpaired) electrons. The minimum Gasteiger partial charge on any atom is -0.490 e. The number of nitrogens with zero attached hydrogens (tertiary/aromatic N) is 1. The summed E-state index contributed by atoms with van der Waals surface area (Å²) < 4.78 is 12.7. The summed E-state index contributed by atoms with van der Waals surface area (Å²) in [6.45, 7) is 3.33. The molecule has 3 aromatic rings. The molecule has 5 nitrogen and oxygen atoms in total. The van der Waals surface area contributed by atoms with E-state index < -0.39 is 0 Å². The molecule has 1 amide bonds. The molecule has 2 aromatic carbocycles. The molecular weight excluding hydrogens is 408 g/mol. The van der Waals surface area contributed by atoms with Gasteiger partial charge in [0.05, 0.1) is 40.4 Å². The van der Waals surface area contributed by atoms with Gasteiger partial charge in [-0.1, -0.05) is 30.4 Å². The van der Waals surface area contributed by atoms with Crippen molar-refractivity contribution in [2.45, 2.75) is 38.1 Å². The maximum Gasteiger partial charge on any atom is 0.224 e. The topological polar surface area (TPSA) is 60.5 Å². The number of hydrogen-bond donors (Lipinski definition) is 1. The van der Waals surface area contributed by atoms with E-state index in [-0.39, 0.29) is 23.8 Å². The summed E-state index contributed by atoms with van der Waals surface area (Å²) in [5, 5.41) is 4.28. The first-order valence-electron chi connectivity index (χ1n) is 10.9. The summed E-state index contributed by atoms with van der Waals surface area (Å²) in [6, 6.07) is 14.0. The molecule has 3 atom stereocenters. The highest BCUT2D eigenvalue weighted by Crippen LogP contribution is 2.39. The molecule has 0 spiro atoms. The third-order valence-corrected chi connectivity index (χ3v) is 7.20. The third kappa shape index (κ3) is 4.17. The number of thiazole rings is 1. The number of nitrogens with one attached hydrogen (secondary N) is 1. The van der Waals surface area contributed by atoms with Crippen molar-refractivity contribution in [3.05, 3.63) is 65.2 Å². The van der Waals surface area contributed by atoms with Gasteiger partial charge in [-0.3, -0.25) is 4.79 Å². The van der Waals surface area contributed by atoms with Crippen LogP contribution in [0.15, 0.2) is 54.6 Å². The number of amides is 1. The summed E-state index contributed by atoms with van der Waals surface area (Å²) in [5.41, 5.74) is 2.03.